The molecule has 0 spiro atoms. The van der Waals surface area contributed by atoms with Crippen LogP contribution in [0.4, 0.5) is 0 Å². The molecule has 0 fully saturated rings. The van der Waals surface area contributed by atoms with Crippen LogP contribution in [0.2, 0.25) is 0 Å². The Bertz CT molecular complexity index is 113. The molecule has 0 aliphatic carbocycles. The molecule has 1 aliphatic heterocycles. The lowest BCUT2D eigenvalue weighted by atomic mass is 11.0. The van der Waals surface area contributed by atoms with Gasteiger partial charge in [-0.15, -0.1) is 12.6 Å². The molecule has 0 amide bonds. The fourth-order valence-corrected chi connectivity index (χ4v) is 1.33. The SMILES string of the molecule is CNN1NSC=C1S. The van der Waals surface area contributed by atoms with Crippen LogP contribution in [-0.4, -0.2) is 12.2 Å². The van der Waals surface area contributed by atoms with Gasteiger partial charge >= 0.3 is 0 Å². The Kier molecular flexibility index (Phi) is 2.07. The summed E-state index contributed by atoms with van der Waals surface area (Å²) in [6.07, 6.45) is 0. The minimum atomic E-state index is 0.887. The molecule has 0 unspecified atom stereocenters. The lowest BCUT2D eigenvalue weighted by Gasteiger charge is -2.14. The molecule has 0 saturated carbocycles. The molecule has 8 heavy (non-hydrogen) atoms. The predicted molar refractivity (Wildman–Crippen MR) is 38.7 cm³/mol. The lowest BCUT2D eigenvalue weighted by Crippen LogP contribution is -2.37. The molecule has 1 rings (SSSR count). The van der Waals surface area contributed by atoms with Crippen LogP contribution in [0, 0.1) is 0 Å². The maximum Gasteiger partial charge on any atom is 0.109 e. The Balaban J connectivity index is 2.46. The Morgan fingerprint density at radius 2 is 2.75 bits per heavy atom. The number of hydrazine groups is 2. The van der Waals surface area contributed by atoms with Crippen LogP contribution in [0.3, 0.4) is 0 Å². The van der Waals surface area contributed by atoms with Crippen molar-refractivity contribution in [1.82, 2.24) is 15.4 Å². The molecule has 0 radical (unpaired) electrons. The van der Waals surface area contributed by atoms with Gasteiger partial charge in [0.15, 0.2) is 0 Å². The molecule has 0 saturated heterocycles. The number of nitrogens with one attached hydrogen (secondary N) is 2. The molecule has 0 aromatic rings. The Hall–Kier alpha value is 0.160. The minimum Gasteiger partial charge on any atom is -0.225 e. The van der Waals surface area contributed by atoms with E-state index in [2.05, 4.69) is 22.9 Å². The standard InChI is InChI=1S/C3H7N3S2/c1-4-6-3(7)2-8-5-6/h2,4-5,7H,1H3. The Morgan fingerprint density at radius 3 is 3.00 bits per heavy atom. The number of hydrogen-bond acceptors (Lipinski definition) is 5. The van der Waals surface area contributed by atoms with Crippen molar-refractivity contribution in [2.75, 3.05) is 7.05 Å². The summed E-state index contributed by atoms with van der Waals surface area (Å²) in [5, 5.41) is 4.51. The van der Waals surface area contributed by atoms with Crippen molar-refractivity contribution in [3.05, 3.63) is 10.4 Å². The average molecular weight is 149 g/mol. The molecule has 46 valence electrons. The first kappa shape index (κ1) is 6.28. The first-order valence-electron chi connectivity index (χ1n) is 2.12. The van der Waals surface area contributed by atoms with Crippen molar-refractivity contribution >= 4 is 24.6 Å². The van der Waals surface area contributed by atoms with Gasteiger partial charge in [0.1, 0.15) is 5.03 Å². The smallest absolute Gasteiger partial charge is 0.109 e. The third-order valence-corrected chi connectivity index (χ3v) is 1.89. The summed E-state index contributed by atoms with van der Waals surface area (Å²) >= 11 is 5.60. The van der Waals surface area contributed by atoms with Gasteiger partial charge in [-0.05, 0) is 11.9 Å². The quantitative estimate of drug-likeness (QED) is 0.370. The number of hydrogen-bond donors (Lipinski definition) is 3. The summed E-state index contributed by atoms with van der Waals surface area (Å²) in [7, 11) is 1.82. The van der Waals surface area contributed by atoms with E-state index < -0.39 is 0 Å². The summed E-state index contributed by atoms with van der Waals surface area (Å²) < 4.78 is 0. The molecule has 1 heterocycles. The van der Waals surface area contributed by atoms with Gasteiger partial charge in [0.2, 0.25) is 0 Å². The highest BCUT2D eigenvalue weighted by atomic mass is 32.2. The van der Waals surface area contributed by atoms with E-state index in [0.29, 0.717) is 0 Å². The van der Waals surface area contributed by atoms with E-state index in [-0.39, 0.29) is 0 Å². The summed E-state index contributed by atoms with van der Waals surface area (Å²) in [5.41, 5.74) is 2.87. The maximum atomic E-state index is 4.11. The van der Waals surface area contributed by atoms with E-state index in [1.807, 2.05) is 12.5 Å². The minimum absolute atomic E-state index is 0.887. The molecule has 5 heteroatoms. The van der Waals surface area contributed by atoms with Gasteiger partial charge in [0.25, 0.3) is 0 Å². The first-order chi connectivity index (χ1) is 3.84. The summed E-state index contributed by atoms with van der Waals surface area (Å²) in [5.74, 6) is 0. The molecular formula is C3H7N3S2. The molecule has 0 aromatic heterocycles. The fourth-order valence-electron chi connectivity index (χ4n) is 0.391. The average Bonchev–Trinajstić information content (AvgIpc) is 2.14. The highest BCUT2D eigenvalue weighted by Crippen LogP contribution is 2.17. The second-order valence-corrected chi connectivity index (χ2v) is 2.36. The van der Waals surface area contributed by atoms with E-state index in [4.69, 9.17) is 0 Å². The van der Waals surface area contributed by atoms with Gasteiger partial charge < -0.3 is 0 Å². The summed E-state index contributed by atoms with van der Waals surface area (Å²) in [4.78, 5) is 2.93. The highest BCUT2D eigenvalue weighted by molar-refractivity contribution is 8.01. The van der Waals surface area contributed by atoms with Gasteiger partial charge in [-0.25, -0.2) is 10.5 Å². The number of thiol groups is 1. The van der Waals surface area contributed by atoms with Gasteiger partial charge in [0.05, 0.1) is 0 Å². The topological polar surface area (TPSA) is 27.3 Å². The zero-order valence-electron chi connectivity index (χ0n) is 4.38. The van der Waals surface area contributed by atoms with E-state index in [1.54, 1.807) is 5.12 Å². The maximum absolute atomic E-state index is 4.11. The van der Waals surface area contributed by atoms with E-state index in [0.717, 1.165) is 5.03 Å². The van der Waals surface area contributed by atoms with Crippen molar-refractivity contribution in [2.24, 2.45) is 0 Å². The van der Waals surface area contributed by atoms with Gasteiger partial charge in [-0.2, -0.15) is 4.83 Å². The van der Waals surface area contributed by atoms with Crippen LogP contribution in [0.1, 0.15) is 0 Å². The van der Waals surface area contributed by atoms with Crippen LogP contribution in [0.5, 0.6) is 0 Å². The van der Waals surface area contributed by atoms with Gasteiger partial charge in [-0.1, -0.05) is 0 Å². The summed E-state index contributed by atoms with van der Waals surface area (Å²) in [6.45, 7) is 0. The van der Waals surface area contributed by atoms with Crippen LogP contribution < -0.4 is 10.3 Å². The molecule has 0 aromatic carbocycles. The Labute approximate surface area is 58.0 Å². The van der Waals surface area contributed by atoms with E-state index in [9.17, 15) is 0 Å². The molecule has 1 aliphatic rings. The molecule has 0 atom stereocenters. The monoisotopic (exact) mass is 149 g/mol. The number of rotatable bonds is 1. The molecule has 3 nitrogen and oxygen atoms in total. The zero-order valence-corrected chi connectivity index (χ0v) is 6.09. The second-order valence-electron chi connectivity index (χ2n) is 1.24. The third-order valence-electron chi connectivity index (χ3n) is 0.761. The molecular weight excluding hydrogens is 142 g/mol. The zero-order chi connectivity index (χ0) is 5.98. The van der Waals surface area contributed by atoms with Crippen LogP contribution >= 0.6 is 24.6 Å². The van der Waals surface area contributed by atoms with E-state index >= 15 is 0 Å². The first-order valence-corrected chi connectivity index (χ1v) is 3.45. The molecule has 0 bridgehead atoms. The van der Waals surface area contributed by atoms with Crippen molar-refractivity contribution in [3.8, 4) is 0 Å². The van der Waals surface area contributed by atoms with Crippen molar-refractivity contribution in [1.29, 1.82) is 0 Å². The summed E-state index contributed by atoms with van der Waals surface area (Å²) in [6, 6.07) is 0. The fraction of sp³-hybridized carbons (Fsp3) is 0.333. The van der Waals surface area contributed by atoms with Crippen LogP contribution in [0.25, 0.3) is 0 Å². The van der Waals surface area contributed by atoms with Crippen molar-refractivity contribution in [3.63, 3.8) is 0 Å². The van der Waals surface area contributed by atoms with Gasteiger partial charge in [-0.3, -0.25) is 0 Å². The van der Waals surface area contributed by atoms with Crippen LogP contribution in [-0.2, 0) is 0 Å². The Morgan fingerprint density at radius 1 is 2.00 bits per heavy atom. The van der Waals surface area contributed by atoms with Crippen molar-refractivity contribution in [2.45, 2.75) is 0 Å². The predicted octanol–water partition coefficient (Wildman–Crippen LogP) is 0.318. The largest absolute Gasteiger partial charge is 0.225 e. The van der Waals surface area contributed by atoms with Crippen LogP contribution in [0.15, 0.2) is 10.4 Å². The second kappa shape index (κ2) is 2.63. The van der Waals surface area contributed by atoms with Gasteiger partial charge in [0, 0.05) is 12.5 Å². The highest BCUT2D eigenvalue weighted by Gasteiger charge is 2.07. The lowest BCUT2D eigenvalue weighted by molar-refractivity contribution is 0.274. The third kappa shape index (κ3) is 1.11. The number of nitrogens with zero attached hydrogens (tertiary/aromatic N) is 1. The van der Waals surface area contributed by atoms with Crippen molar-refractivity contribution < 1.29 is 0 Å². The molecule has 2 N–H and O–H groups in total. The van der Waals surface area contributed by atoms with E-state index in [1.165, 1.54) is 11.9 Å². The normalized spacial score (nSPS) is 19.2.